The van der Waals surface area contributed by atoms with Gasteiger partial charge in [0.25, 0.3) is 0 Å². The van der Waals surface area contributed by atoms with E-state index >= 15 is 0 Å². The van der Waals surface area contributed by atoms with E-state index in [1.54, 1.807) is 6.08 Å². The Bertz CT molecular complexity index is 3770. The van der Waals surface area contributed by atoms with Crippen molar-refractivity contribution in [2.24, 2.45) is 11.5 Å². The molecule has 0 radical (unpaired) electrons. The summed E-state index contributed by atoms with van der Waals surface area (Å²) in [6, 6.07) is 0. The van der Waals surface area contributed by atoms with E-state index in [-0.39, 0.29) is 58.0 Å². The van der Waals surface area contributed by atoms with Crippen LogP contribution in [0.4, 0.5) is 11.6 Å². The van der Waals surface area contributed by atoms with E-state index in [2.05, 4.69) is 43.0 Å². The number of imidazole rings is 2. The van der Waals surface area contributed by atoms with Crippen LogP contribution in [0.2, 0.25) is 0 Å². The highest BCUT2D eigenvalue weighted by molar-refractivity contribution is 7.61. The first-order valence-electron chi connectivity index (χ1n) is 26.2. The highest BCUT2D eigenvalue weighted by atomic mass is 31.3. The number of nitrogen functional groups attached to an aromatic ring is 2. The molecule has 20 unspecified atom stereocenters. The Hall–Kier alpha value is -5.61. The Morgan fingerprint density at radius 3 is 1.20 bits per heavy atom. The molecule has 10 rings (SSSR count). The van der Waals surface area contributed by atoms with Crippen molar-refractivity contribution in [3.8, 4) is 0 Å². The van der Waals surface area contributed by atoms with Gasteiger partial charge in [-0.3, -0.25) is 41.3 Å². The summed E-state index contributed by atoms with van der Waals surface area (Å²) in [6.45, 7) is -3.81. The smallest absolute Gasteiger partial charge is 0.387 e. The van der Waals surface area contributed by atoms with Crippen LogP contribution in [0.5, 0.6) is 0 Å². The zero-order valence-corrected chi connectivity index (χ0v) is 50.9. The monoisotopic (exact) mass is 1410 g/mol. The number of rotatable bonds is 24. The fourth-order valence-corrected chi connectivity index (χ4v) is 14.3. The van der Waals surface area contributed by atoms with Gasteiger partial charge in [-0.05, 0) is 12.8 Å². The summed E-state index contributed by atoms with van der Waals surface area (Å²) < 4.78 is 118. The number of ether oxygens (including phenoxy) is 4. The lowest BCUT2D eigenvalue weighted by molar-refractivity contribution is -0.115. The zero-order valence-electron chi connectivity index (χ0n) is 46.4. The van der Waals surface area contributed by atoms with Crippen molar-refractivity contribution in [2.45, 2.75) is 111 Å². The first kappa shape index (κ1) is 70.7. The molecule has 508 valence electrons. The van der Waals surface area contributed by atoms with Crippen LogP contribution in [0.1, 0.15) is 25.3 Å². The van der Waals surface area contributed by atoms with Gasteiger partial charge in [-0.2, -0.15) is 8.62 Å². The van der Waals surface area contributed by atoms with Gasteiger partial charge in [0, 0.05) is 35.9 Å². The molecule has 45 nitrogen and oxygen atoms in total. The summed E-state index contributed by atoms with van der Waals surface area (Å²) in [6.07, 6.45) is -11.3. The minimum absolute atomic E-state index is 0.00424. The number of phosphoric ester groups is 5. The highest BCUT2D eigenvalue weighted by Gasteiger charge is 2.53. The van der Waals surface area contributed by atoms with Gasteiger partial charge < -0.3 is 117 Å². The lowest BCUT2D eigenvalue weighted by Gasteiger charge is -2.28. The van der Waals surface area contributed by atoms with Gasteiger partial charge in [0.1, 0.15) is 96.9 Å². The van der Waals surface area contributed by atoms with Crippen LogP contribution in [0.15, 0.2) is 73.4 Å². The van der Waals surface area contributed by atoms with E-state index in [9.17, 15) is 97.5 Å². The number of carbonyl (C=O) groups is 2. The molecule has 6 aliphatic heterocycles. The standard InChI is InChI=1S/C21H30N7O17P3.C21H29N7O14P2/c22-17-12-19(25-7-24-17)28(8-26-12)21-16(44-46(33,34)35)14(30)11(43-21)6-41-48(38,39)45-47(36,37)40-5-10-13(29)15(31)20(42-10)27-3-1-2-9(4-27)18(23)32;22-17-12-19(25-7-24-17)28(8-26-12)21-16(32)14(30)11(41-21)6-39-44(36,37)42-43(34,35)38-5-10-13(29)15(31)20(40-10)27-3-1-2-9(4-27)18(23)33/h1,3-4,7-8,10-11,13-16,20-21,29-31H,2,5-6H2,(H2,23,32)(H,36,37)(H,38,39)(H2,22,24,25)(H2,33,34,35);1,3-4,7-8,10-11,13-16,20-21,29-32H,2,5-6H2,(H2,23,33)(H,34,35)(H,36,37)(H2,22,24,25). The molecule has 0 spiro atoms. The zero-order chi connectivity index (χ0) is 67.2. The molecule has 92 heavy (non-hydrogen) atoms. The fraction of sp³-hybridized carbons (Fsp3) is 0.524. The van der Waals surface area contributed by atoms with Crippen LogP contribution >= 0.6 is 39.1 Å². The number of nitrogens with two attached hydrogens (primary N) is 4. The Balaban J connectivity index is 0.000000218. The van der Waals surface area contributed by atoms with E-state index in [1.807, 2.05) is 0 Å². The molecule has 10 heterocycles. The van der Waals surface area contributed by atoms with Crippen molar-refractivity contribution in [1.82, 2.24) is 48.8 Å². The lowest BCUT2D eigenvalue weighted by atomic mass is 10.1. The Morgan fingerprint density at radius 1 is 0.489 bits per heavy atom. The fourth-order valence-electron chi connectivity index (χ4n) is 9.61. The minimum Gasteiger partial charge on any atom is -0.387 e. The SMILES string of the molecule is NC(=O)C1=CN(C2OC(COP(=O)(O)OP(=O)(O)OCC3OC(n4cnc5c(N)ncnc54)C(O)C3O)C(O)C2O)C=CC1.NC(=O)C1=CN(C2OC(COP(=O)(O)OP(=O)(O)OCC3OC(n4cnc5c(N)ncnc54)C(OP(=O)(O)O)C3O)C(O)C2O)C=CC1. The van der Waals surface area contributed by atoms with Crippen LogP contribution in [-0.4, -0.2) is 238 Å². The van der Waals surface area contributed by atoms with Crippen molar-refractivity contribution < 1.29 is 148 Å². The van der Waals surface area contributed by atoms with Crippen molar-refractivity contribution in [1.29, 1.82) is 0 Å². The Kier molecular flexibility index (Phi) is 21.5. The van der Waals surface area contributed by atoms with Crippen LogP contribution in [0, 0.1) is 0 Å². The van der Waals surface area contributed by atoms with Gasteiger partial charge in [0.15, 0.2) is 47.8 Å². The summed E-state index contributed by atoms with van der Waals surface area (Å²) in [5.41, 5.74) is 22.8. The largest absolute Gasteiger partial charge is 0.481 e. The third-order valence-corrected chi connectivity index (χ3v) is 19.7. The van der Waals surface area contributed by atoms with Crippen LogP contribution < -0.4 is 22.9 Å². The van der Waals surface area contributed by atoms with Gasteiger partial charge in [-0.1, -0.05) is 12.2 Å². The number of amides is 2. The second-order valence-electron chi connectivity index (χ2n) is 20.3. The number of aliphatic hydroxyl groups excluding tert-OH is 7. The molecule has 50 heteroatoms. The minimum atomic E-state index is -5.52. The molecule has 4 fully saturated rings. The number of allylic oxidation sites excluding steroid dienone is 2. The van der Waals surface area contributed by atoms with Gasteiger partial charge in [-0.15, -0.1) is 0 Å². The second-order valence-corrected chi connectivity index (χ2v) is 27.5. The van der Waals surface area contributed by atoms with E-state index in [0.29, 0.717) is 0 Å². The maximum atomic E-state index is 12.6. The summed E-state index contributed by atoms with van der Waals surface area (Å²) in [5, 5.41) is 73.2. The molecule has 6 aliphatic rings. The molecule has 2 amide bonds. The number of fused-ring (bicyclic) bond motifs is 2. The van der Waals surface area contributed by atoms with Crippen LogP contribution in [0.25, 0.3) is 22.3 Å². The molecule has 4 aromatic rings. The maximum Gasteiger partial charge on any atom is 0.481 e. The molecule has 0 saturated carbocycles. The Labute approximate surface area is 513 Å². The molecular formula is C42H59N14O31P5. The van der Waals surface area contributed by atoms with Crippen LogP contribution in [-0.2, 0) is 82.6 Å². The molecule has 21 N–H and O–H groups in total. The average Bonchev–Trinajstić information content (AvgIpc) is 1.63. The number of anilines is 2. The van der Waals surface area contributed by atoms with Crippen molar-refractivity contribution in [3.05, 3.63) is 73.4 Å². The number of aromatic nitrogens is 8. The van der Waals surface area contributed by atoms with E-state index in [4.69, 9.17) is 60.0 Å². The number of carbonyl (C=O) groups excluding carboxylic acids is 2. The summed E-state index contributed by atoms with van der Waals surface area (Å²) >= 11 is 0. The molecule has 4 aromatic heterocycles. The molecule has 20 atom stereocenters. The number of phosphoric acid groups is 5. The normalized spacial score (nSPS) is 32.6. The predicted molar refractivity (Wildman–Crippen MR) is 295 cm³/mol. The first-order valence-corrected chi connectivity index (χ1v) is 33.7. The molecule has 4 saturated heterocycles. The van der Waals surface area contributed by atoms with Crippen molar-refractivity contribution in [3.63, 3.8) is 0 Å². The topological polar surface area (TPSA) is 682 Å². The molecule has 0 aromatic carbocycles. The highest BCUT2D eigenvalue weighted by Crippen LogP contribution is 2.62. The number of primary amides is 2. The van der Waals surface area contributed by atoms with E-state index < -0.39 is 176 Å². The summed E-state index contributed by atoms with van der Waals surface area (Å²) in [4.78, 5) is 108. The number of hydrogen-bond donors (Lipinski definition) is 17. The maximum absolute atomic E-state index is 12.6. The third kappa shape index (κ3) is 16.4. The van der Waals surface area contributed by atoms with Gasteiger partial charge in [0.05, 0.1) is 39.1 Å². The van der Waals surface area contributed by atoms with Gasteiger partial charge >= 0.3 is 39.1 Å². The van der Waals surface area contributed by atoms with Crippen molar-refractivity contribution in [2.75, 3.05) is 37.9 Å². The Morgan fingerprint density at radius 2 is 0.826 bits per heavy atom. The lowest BCUT2D eigenvalue weighted by Crippen LogP contribution is -2.40. The number of aliphatic hydroxyl groups is 7. The van der Waals surface area contributed by atoms with Gasteiger partial charge in [-0.25, -0.2) is 52.7 Å². The van der Waals surface area contributed by atoms with Gasteiger partial charge in [0.2, 0.25) is 11.8 Å². The quantitative estimate of drug-likeness (QED) is 0.0292. The van der Waals surface area contributed by atoms with Crippen molar-refractivity contribution >= 4 is 84.9 Å². The number of hydrogen-bond acceptors (Lipinski definition) is 35. The molecule has 0 bridgehead atoms. The van der Waals surface area contributed by atoms with Crippen LogP contribution in [0.3, 0.4) is 0 Å². The first-order chi connectivity index (χ1) is 43.0. The number of nitrogens with zero attached hydrogens (tertiary/aromatic N) is 10. The third-order valence-electron chi connectivity index (χ3n) is 14.0. The summed E-state index contributed by atoms with van der Waals surface area (Å²) in [5.74, 6) is -1.45. The summed E-state index contributed by atoms with van der Waals surface area (Å²) in [7, 11) is -27.0. The average molecular weight is 1410 g/mol. The van der Waals surface area contributed by atoms with E-state index in [1.165, 1.54) is 51.6 Å². The van der Waals surface area contributed by atoms with E-state index in [0.717, 1.165) is 23.5 Å². The molecule has 0 aliphatic carbocycles. The second kappa shape index (κ2) is 28.0. The predicted octanol–water partition coefficient (Wildman–Crippen LogP) is -5.26. The molecular weight excluding hydrogens is 1350 g/mol.